The van der Waals surface area contributed by atoms with E-state index in [-0.39, 0.29) is 0 Å². The lowest BCUT2D eigenvalue weighted by Gasteiger charge is -2.06. The van der Waals surface area contributed by atoms with E-state index in [0.717, 1.165) is 12.2 Å². The van der Waals surface area contributed by atoms with Crippen LogP contribution in [0.5, 0.6) is 5.75 Å². The van der Waals surface area contributed by atoms with E-state index in [1.165, 1.54) is 15.3 Å². The molecule has 0 saturated heterocycles. The number of hydrogen-bond acceptors (Lipinski definition) is 2. The van der Waals surface area contributed by atoms with Crippen molar-refractivity contribution in [3.63, 3.8) is 0 Å². The molecule has 0 bridgehead atoms. The zero-order chi connectivity index (χ0) is 7.84. The molecule has 0 unspecified atom stereocenters. The van der Waals surface area contributed by atoms with Crippen LogP contribution < -0.4 is 4.74 Å². The molecule has 11 heavy (non-hydrogen) atoms. The van der Waals surface area contributed by atoms with Crippen molar-refractivity contribution in [1.29, 1.82) is 0 Å². The third kappa shape index (κ3) is 0.979. The van der Waals surface area contributed by atoms with Crippen LogP contribution in [0.4, 0.5) is 0 Å². The fourth-order valence-electron chi connectivity index (χ4n) is 1.24. The fourth-order valence-corrected chi connectivity index (χ4v) is 2.33. The van der Waals surface area contributed by atoms with Gasteiger partial charge in [-0.05, 0) is 19.9 Å². The lowest BCUT2D eigenvalue weighted by Crippen LogP contribution is -1.92. The number of thiophene rings is 1. The van der Waals surface area contributed by atoms with Crippen LogP contribution in [0.1, 0.15) is 15.3 Å². The summed E-state index contributed by atoms with van der Waals surface area (Å²) in [6, 6.07) is 0. The Hall–Kier alpha value is -0.760. The van der Waals surface area contributed by atoms with Crippen molar-refractivity contribution < 1.29 is 4.74 Å². The standard InChI is InChI=1S/C9H10OS/c1-6-7(2)11-8-4-3-5-10-9(6)8/h3,5H,4H2,1-2H3. The third-order valence-corrected chi connectivity index (χ3v) is 3.19. The van der Waals surface area contributed by atoms with Crippen molar-refractivity contribution in [1.82, 2.24) is 0 Å². The van der Waals surface area contributed by atoms with E-state index in [1.807, 2.05) is 11.3 Å². The number of allylic oxidation sites excluding steroid dienone is 1. The maximum Gasteiger partial charge on any atom is 0.143 e. The molecule has 1 aromatic rings. The number of rotatable bonds is 0. The van der Waals surface area contributed by atoms with E-state index >= 15 is 0 Å². The van der Waals surface area contributed by atoms with Crippen LogP contribution in [0.15, 0.2) is 12.3 Å². The first kappa shape index (κ1) is 6.92. The summed E-state index contributed by atoms with van der Waals surface area (Å²) in [4.78, 5) is 2.74. The maximum absolute atomic E-state index is 5.40. The van der Waals surface area contributed by atoms with Gasteiger partial charge in [0.1, 0.15) is 5.75 Å². The summed E-state index contributed by atoms with van der Waals surface area (Å²) >= 11 is 1.84. The SMILES string of the molecule is Cc1sc2c(c1C)OC=CC2. The summed E-state index contributed by atoms with van der Waals surface area (Å²) in [5, 5.41) is 0. The summed E-state index contributed by atoms with van der Waals surface area (Å²) in [5.74, 6) is 1.09. The second-order valence-corrected chi connectivity index (χ2v) is 4.04. The van der Waals surface area contributed by atoms with Gasteiger partial charge in [0.25, 0.3) is 0 Å². The minimum atomic E-state index is 1.04. The molecule has 2 rings (SSSR count). The molecular formula is C9H10OS. The minimum Gasteiger partial charge on any atom is -0.464 e. The van der Waals surface area contributed by atoms with Gasteiger partial charge < -0.3 is 4.74 Å². The molecule has 2 heteroatoms. The van der Waals surface area contributed by atoms with E-state index in [4.69, 9.17) is 4.74 Å². The van der Waals surface area contributed by atoms with Crippen molar-refractivity contribution in [3.8, 4) is 5.75 Å². The summed E-state index contributed by atoms with van der Waals surface area (Å²) in [6.45, 7) is 4.26. The first-order chi connectivity index (χ1) is 5.29. The molecule has 0 radical (unpaired) electrons. The third-order valence-electron chi connectivity index (χ3n) is 1.98. The zero-order valence-electron chi connectivity index (χ0n) is 6.68. The Labute approximate surface area is 70.3 Å². The topological polar surface area (TPSA) is 9.23 Å². The van der Waals surface area contributed by atoms with Crippen molar-refractivity contribution in [2.75, 3.05) is 0 Å². The molecular weight excluding hydrogens is 156 g/mol. The number of hydrogen-bond donors (Lipinski definition) is 0. The molecule has 2 heterocycles. The van der Waals surface area contributed by atoms with Crippen molar-refractivity contribution >= 4 is 11.3 Å². The Kier molecular flexibility index (Phi) is 1.50. The van der Waals surface area contributed by atoms with E-state index in [0.29, 0.717) is 0 Å². The van der Waals surface area contributed by atoms with Gasteiger partial charge in [-0.1, -0.05) is 0 Å². The molecule has 0 fully saturated rings. The normalized spacial score (nSPS) is 14.4. The molecule has 0 spiro atoms. The predicted octanol–water partition coefficient (Wildman–Crippen LogP) is 2.81. The maximum atomic E-state index is 5.40. The summed E-state index contributed by atoms with van der Waals surface area (Å²) in [6.07, 6.45) is 4.87. The van der Waals surface area contributed by atoms with E-state index < -0.39 is 0 Å². The monoisotopic (exact) mass is 166 g/mol. The molecule has 1 nitrogen and oxygen atoms in total. The van der Waals surface area contributed by atoms with Crippen molar-refractivity contribution in [3.05, 3.63) is 27.7 Å². The Balaban J connectivity index is 2.55. The van der Waals surface area contributed by atoms with Gasteiger partial charge in [0.2, 0.25) is 0 Å². The number of aryl methyl sites for hydroxylation is 1. The highest BCUT2D eigenvalue weighted by molar-refractivity contribution is 7.12. The zero-order valence-corrected chi connectivity index (χ0v) is 7.49. The largest absolute Gasteiger partial charge is 0.464 e. The van der Waals surface area contributed by atoms with Crippen LogP contribution in [0, 0.1) is 13.8 Å². The molecule has 0 atom stereocenters. The van der Waals surface area contributed by atoms with Gasteiger partial charge in [-0.25, -0.2) is 0 Å². The van der Waals surface area contributed by atoms with Crippen LogP contribution in [0.2, 0.25) is 0 Å². The summed E-state index contributed by atoms with van der Waals surface area (Å²) in [7, 11) is 0. The molecule has 58 valence electrons. The highest BCUT2D eigenvalue weighted by Gasteiger charge is 2.14. The van der Waals surface area contributed by atoms with Crippen LogP contribution in [0.3, 0.4) is 0 Å². The van der Waals surface area contributed by atoms with Crippen LogP contribution in [-0.2, 0) is 6.42 Å². The van der Waals surface area contributed by atoms with Crippen LogP contribution in [0.25, 0.3) is 0 Å². The number of fused-ring (bicyclic) bond motifs is 1. The summed E-state index contributed by atoms with van der Waals surface area (Å²) < 4.78 is 5.40. The Morgan fingerprint density at radius 3 is 3.00 bits per heavy atom. The first-order valence-electron chi connectivity index (χ1n) is 3.69. The van der Waals surface area contributed by atoms with E-state index in [9.17, 15) is 0 Å². The van der Waals surface area contributed by atoms with Gasteiger partial charge in [0.15, 0.2) is 0 Å². The highest BCUT2D eigenvalue weighted by Crippen LogP contribution is 2.36. The van der Waals surface area contributed by atoms with Gasteiger partial charge in [-0.2, -0.15) is 0 Å². The van der Waals surface area contributed by atoms with Gasteiger partial charge in [0.05, 0.1) is 11.1 Å². The van der Waals surface area contributed by atoms with Gasteiger partial charge in [-0.3, -0.25) is 0 Å². The minimum absolute atomic E-state index is 1.04. The quantitative estimate of drug-likeness (QED) is 0.576. The van der Waals surface area contributed by atoms with Crippen molar-refractivity contribution in [2.45, 2.75) is 20.3 Å². The lowest BCUT2D eigenvalue weighted by molar-refractivity contribution is 0.465. The van der Waals surface area contributed by atoms with Gasteiger partial charge in [0, 0.05) is 16.9 Å². The smallest absolute Gasteiger partial charge is 0.143 e. The molecule has 1 aromatic heterocycles. The average Bonchev–Trinajstić information content (AvgIpc) is 2.30. The molecule has 1 aliphatic heterocycles. The molecule has 1 aliphatic rings. The molecule has 0 N–H and O–H groups in total. The fraction of sp³-hybridized carbons (Fsp3) is 0.333. The molecule has 0 aliphatic carbocycles. The molecule has 0 amide bonds. The Morgan fingerprint density at radius 2 is 2.27 bits per heavy atom. The molecule has 0 aromatic carbocycles. The van der Waals surface area contributed by atoms with Gasteiger partial charge in [-0.15, -0.1) is 11.3 Å². The molecule has 0 saturated carbocycles. The number of ether oxygens (including phenoxy) is 1. The van der Waals surface area contributed by atoms with E-state index in [1.54, 1.807) is 6.26 Å². The lowest BCUT2D eigenvalue weighted by atomic mass is 10.2. The second kappa shape index (κ2) is 2.38. The van der Waals surface area contributed by atoms with Crippen LogP contribution in [-0.4, -0.2) is 0 Å². The second-order valence-electron chi connectivity index (χ2n) is 2.73. The van der Waals surface area contributed by atoms with Crippen molar-refractivity contribution in [2.24, 2.45) is 0 Å². The Morgan fingerprint density at radius 1 is 1.45 bits per heavy atom. The summed E-state index contributed by atoms with van der Waals surface area (Å²) in [5.41, 5.74) is 1.30. The average molecular weight is 166 g/mol. The Bertz CT molecular complexity index is 310. The van der Waals surface area contributed by atoms with Crippen LogP contribution >= 0.6 is 11.3 Å². The van der Waals surface area contributed by atoms with Gasteiger partial charge >= 0.3 is 0 Å². The first-order valence-corrected chi connectivity index (χ1v) is 4.51. The highest BCUT2D eigenvalue weighted by atomic mass is 32.1. The van der Waals surface area contributed by atoms with E-state index in [2.05, 4.69) is 19.9 Å². The predicted molar refractivity (Wildman–Crippen MR) is 47.3 cm³/mol.